The number of carbonyl (C=O) groups is 1. The quantitative estimate of drug-likeness (QED) is 0.369. The van der Waals surface area contributed by atoms with Crippen molar-refractivity contribution in [3.8, 4) is 0 Å². The molecule has 0 aliphatic heterocycles. The normalized spacial score (nSPS) is 11.2. The standard InChI is InChI=1S/C22H17BrN4O/c23-19-10-17(11-24-13-19)22(28)26-25-12-18-15-27(14-16-6-2-1-3-7-16)21-9-5-4-8-20(18)21/h1-13,15H,14H2,(H,26,28)/b25-12-. The molecule has 0 bridgehead atoms. The molecule has 0 fully saturated rings. The molecular formula is C22H17BrN4O. The number of amides is 1. The molecule has 0 atom stereocenters. The summed E-state index contributed by atoms with van der Waals surface area (Å²) < 4.78 is 2.93. The number of hydrogen-bond donors (Lipinski definition) is 1. The van der Waals surface area contributed by atoms with E-state index in [1.54, 1.807) is 18.5 Å². The summed E-state index contributed by atoms with van der Waals surface area (Å²) in [6, 6.07) is 20.2. The van der Waals surface area contributed by atoms with Gasteiger partial charge in [-0.25, -0.2) is 5.43 Å². The Morgan fingerprint density at radius 3 is 2.71 bits per heavy atom. The van der Waals surface area contributed by atoms with Crippen LogP contribution in [0.15, 0.2) is 88.8 Å². The van der Waals surface area contributed by atoms with Gasteiger partial charge in [0.15, 0.2) is 0 Å². The van der Waals surface area contributed by atoms with Crippen LogP contribution in [-0.4, -0.2) is 21.7 Å². The van der Waals surface area contributed by atoms with Crippen molar-refractivity contribution in [1.29, 1.82) is 0 Å². The van der Waals surface area contributed by atoms with Crippen molar-refractivity contribution in [2.24, 2.45) is 5.10 Å². The largest absolute Gasteiger partial charge is 0.342 e. The molecule has 0 spiro atoms. The van der Waals surface area contributed by atoms with E-state index in [2.05, 4.69) is 60.3 Å². The zero-order chi connectivity index (χ0) is 19.3. The number of hydrogen-bond acceptors (Lipinski definition) is 3. The van der Waals surface area contributed by atoms with Crippen LogP contribution in [0.25, 0.3) is 10.9 Å². The van der Waals surface area contributed by atoms with Gasteiger partial charge in [0.05, 0.1) is 11.8 Å². The van der Waals surface area contributed by atoms with Crippen LogP contribution in [0.3, 0.4) is 0 Å². The smallest absolute Gasteiger partial charge is 0.272 e. The van der Waals surface area contributed by atoms with Crippen molar-refractivity contribution < 1.29 is 4.79 Å². The van der Waals surface area contributed by atoms with Crippen molar-refractivity contribution >= 4 is 39.0 Å². The Hall–Kier alpha value is -3.25. The molecule has 2 heterocycles. The molecule has 0 unspecified atom stereocenters. The number of aromatic nitrogens is 2. The molecule has 2 aromatic heterocycles. The lowest BCUT2D eigenvalue weighted by Gasteiger charge is -2.05. The zero-order valence-corrected chi connectivity index (χ0v) is 16.5. The first-order valence-corrected chi connectivity index (χ1v) is 9.56. The molecule has 4 aromatic rings. The average molecular weight is 433 g/mol. The summed E-state index contributed by atoms with van der Waals surface area (Å²) in [5.41, 5.74) is 6.29. The highest BCUT2D eigenvalue weighted by Gasteiger charge is 2.08. The first kappa shape index (κ1) is 18.1. The molecule has 0 saturated carbocycles. The second kappa shape index (κ2) is 8.19. The maximum absolute atomic E-state index is 12.2. The van der Waals surface area contributed by atoms with E-state index in [1.165, 1.54) is 11.8 Å². The fourth-order valence-corrected chi connectivity index (χ4v) is 3.41. The van der Waals surface area contributed by atoms with Gasteiger partial charge >= 0.3 is 0 Å². The van der Waals surface area contributed by atoms with E-state index in [4.69, 9.17) is 0 Å². The highest BCUT2D eigenvalue weighted by atomic mass is 79.9. The Kier molecular flexibility index (Phi) is 5.30. The number of pyridine rings is 1. The predicted octanol–water partition coefficient (Wildman–Crippen LogP) is 4.61. The van der Waals surface area contributed by atoms with Crippen LogP contribution in [0, 0.1) is 0 Å². The van der Waals surface area contributed by atoms with E-state index in [1.807, 2.05) is 36.5 Å². The number of fused-ring (bicyclic) bond motifs is 1. The van der Waals surface area contributed by atoms with E-state index in [0.717, 1.165) is 27.5 Å². The third-order valence-corrected chi connectivity index (χ3v) is 4.79. The number of rotatable bonds is 5. The summed E-state index contributed by atoms with van der Waals surface area (Å²) in [4.78, 5) is 16.2. The number of hydrazone groups is 1. The van der Waals surface area contributed by atoms with Gasteiger partial charge in [0, 0.05) is 46.1 Å². The Morgan fingerprint density at radius 2 is 1.89 bits per heavy atom. The fraction of sp³-hybridized carbons (Fsp3) is 0.0455. The fourth-order valence-electron chi connectivity index (χ4n) is 3.05. The Bertz CT molecular complexity index is 1150. The molecule has 5 nitrogen and oxygen atoms in total. The van der Waals surface area contributed by atoms with Gasteiger partial charge in [-0.05, 0) is 33.6 Å². The highest BCUT2D eigenvalue weighted by molar-refractivity contribution is 9.10. The molecular weight excluding hydrogens is 416 g/mol. The van der Waals surface area contributed by atoms with Crippen LogP contribution in [-0.2, 0) is 6.54 Å². The minimum absolute atomic E-state index is 0.307. The lowest BCUT2D eigenvalue weighted by atomic mass is 10.2. The van der Waals surface area contributed by atoms with Crippen LogP contribution in [0.5, 0.6) is 0 Å². The third kappa shape index (κ3) is 4.02. The van der Waals surface area contributed by atoms with Crippen molar-refractivity contribution in [3.63, 3.8) is 0 Å². The minimum Gasteiger partial charge on any atom is -0.342 e. The van der Waals surface area contributed by atoms with Gasteiger partial charge in [0.1, 0.15) is 0 Å². The molecule has 6 heteroatoms. The van der Waals surface area contributed by atoms with E-state index >= 15 is 0 Å². The summed E-state index contributed by atoms with van der Waals surface area (Å²) in [7, 11) is 0. The SMILES string of the molecule is O=C(N/N=C\c1cn(Cc2ccccc2)c2ccccc12)c1cncc(Br)c1. The van der Waals surface area contributed by atoms with Crippen molar-refractivity contribution in [1.82, 2.24) is 15.0 Å². The summed E-state index contributed by atoms with van der Waals surface area (Å²) >= 11 is 3.31. The van der Waals surface area contributed by atoms with Gasteiger partial charge < -0.3 is 4.57 Å². The summed E-state index contributed by atoms with van der Waals surface area (Å²) in [5, 5.41) is 5.22. The summed E-state index contributed by atoms with van der Waals surface area (Å²) in [6.07, 6.45) is 6.85. The number of halogens is 1. The molecule has 138 valence electrons. The van der Waals surface area contributed by atoms with E-state index in [0.29, 0.717) is 5.56 Å². The average Bonchev–Trinajstić information content (AvgIpc) is 3.06. The topological polar surface area (TPSA) is 59.3 Å². The number of nitrogens with one attached hydrogen (secondary N) is 1. The zero-order valence-electron chi connectivity index (χ0n) is 14.9. The molecule has 1 N–H and O–H groups in total. The predicted molar refractivity (Wildman–Crippen MR) is 114 cm³/mol. The first-order valence-electron chi connectivity index (χ1n) is 8.76. The third-order valence-electron chi connectivity index (χ3n) is 4.35. The molecule has 0 aliphatic carbocycles. The first-order chi connectivity index (χ1) is 13.7. The lowest BCUT2D eigenvalue weighted by Crippen LogP contribution is -2.17. The van der Waals surface area contributed by atoms with Crippen LogP contribution >= 0.6 is 15.9 Å². The van der Waals surface area contributed by atoms with E-state index in [-0.39, 0.29) is 5.91 Å². The minimum atomic E-state index is -0.307. The van der Waals surface area contributed by atoms with Gasteiger partial charge in [-0.15, -0.1) is 0 Å². The second-order valence-electron chi connectivity index (χ2n) is 6.31. The van der Waals surface area contributed by atoms with Crippen LogP contribution in [0.4, 0.5) is 0 Å². The van der Waals surface area contributed by atoms with Gasteiger partial charge in [-0.2, -0.15) is 5.10 Å². The molecule has 1 amide bonds. The van der Waals surface area contributed by atoms with Gasteiger partial charge in [-0.3, -0.25) is 9.78 Å². The second-order valence-corrected chi connectivity index (χ2v) is 7.22. The van der Waals surface area contributed by atoms with E-state index < -0.39 is 0 Å². The van der Waals surface area contributed by atoms with Gasteiger partial charge in [0.25, 0.3) is 5.91 Å². The van der Waals surface area contributed by atoms with Crippen molar-refractivity contribution in [2.75, 3.05) is 0 Å². The molecule has 0 aliphatic rings. The van der Waals surface area contributed by atoms with Crippen LogP contribution in [0.2, 0.25) is 0 Å². The van der Waals surface area contributed by atoms with E-state index in [9.17, 15) is 4.79 Å². The molecule has 4 rings (SSSR count). The molecule has 0 radical (unpaired) electrons. The van der Waals surface area contributed by atoms with Crippen LogP contribution < -0.4 is 5.43 Å². The molecule has 28 heavy (non-hydrogen) atoms. The molecule has 0 saturated heterocycles. The maximum Gasteiger partial charge on any atom is 0.272 e. The van der Waals surface area contributed by atoms with Crippen molar-refractivity contribution in [3.05, 3.63) is 100 Å². The number of nitrogens with zero attached hydrogens (tertiary/aromatic N) is 3. The summed E-state index contributed by atoms with van der Waals surface area (Å²) in [6.45, 7) is 0.769. The van der Waals surface area contributed by atoms with Crippen molar-refractivity contribution in [2.45, 2.75) is 6.54 Å². The number of benzene rings is 2. The lowest BCUT2D eigenvalue weighted by molar-refractivity contribution is 0.0954. The Morgan fingerprint density at radius 1 is 1.11 bits per heavy atom. The van der Waals surface area contributed by atoms with Gasteiger partial charge in [0.2, 0.25) is 0 Å². The Labute approximate surface area is 170 Å². The summed E-state index contributed by atoms with van der Waals surface area (Å²) in [5.74, 6) is -0.307. The maximum atomic E-state index is 12.2. The van der Waals surface area contributed by atoms with Gasteiger partial charge in [-0.1, -0.05) is 48.5 Å². The Balaban J connectivity index is 1.57. The molecule has 2 aromatic carbocycles. The monoisotopic (exact) mass is 432 g/mol. The number of para-hydroxylation sites is 1. The van der Waals surface area contributed by atoms with Crippen LogP contribution in [0.1, 0.15) is 21.5 Å². The number of carbonyl (C=O) groups excluding carboxylic acids is 1. The highest BCUT2D eigenvalue weighted by Crippen LogP contribution is 2.21.